The van der Waals surface area contributed by atoms with Gasteiger partial charge in [0.15, 0.2) is 0 Å². The summed E-state index contributed by atoms with van der Waals surface area (Å²) in [7, 11) is 0. The van der Waals surface area contributed by atoms with E-state index in [-0.39, 0.29) is 5.91 Å². The molecule has 0 bridgehead atoms. The van der Waals surface area contributed by atoms with E-state index in [4.69, 9.17) is 0 Å². The predicted octanol–water partition coefficient (Wildman–Crippen LogP) is 4.55. The Balaban J connectivity index is 2.11. The third-order valence-electron chi connectivity index (χ3n) is 2.92. The zero-order valence-corrected chi connectivity index (χ0v) is 13.5. The first-order chi connectivity index (χ1) is 9.13. The van der Waals surface area contributed by atoms with Gasteiger partial charge in [0.2, 0.25) is 0 Å². The Morgan fingerprint density at radius 2 is 2.00 bits per heavy atom. The van der Waals surface area contributed by atoms with Gasteiger partial charge in [0.25, 0.3) is 5.91 Å². The Hall–Kier alpha value is -1.14. The highest BCUT2D eigenvalue weighted by molar-refractivity contribution is 14.1. The molecule has 2 aromatic carbocycles. The highest BCUT2D eigenvalue weighted by Gasteiger charge is 2.23. The average Bonchev–Trinajstić information content (AvgIpc) is 2.66. The summed E-state index contributed by atoms with van der Waals surface area (Å²) in [6, 6.07) is 13.9. The summed E-state index contributed by atoms with van der Waals surface area (Å²) < 4.78 is 2.12. The van der Waals surface area contributed by atoms with Crippen molar-refractivity contribution in [1.29, 1.82) is 0 Å². The molecule has 0 aromatic heterocycles. The Kier molecular flexibility index (Phi) is 3.45. The molecule has 1 amide bonds. The minimum atomic E-state index is -0.0445. The van der Waals surface area contributed by atoms with Crippen molar-refractivity contribution in [2.24, 2.45) is 0 Å². The lowest BCUT2D eigenvalue weighted by Gasteiger charge is -2.00. The summed E-state index contributed by atoms with van der Waals surface area (Å²) >= 11 is 5.69. The normalized spacial score (nSPS) is 15.5. The molecule has 2 aromatic rings. The van der Waals surface area contributed by atoms with Crippen LogP contribution in [0.3, 0.4) is 0 Å². The lowest BCUT2D eigenvalue weighted by Crippen LogP contribution is -2.03. The fraction of sp³-hybridized carbons (Fsp3) is 0. The molecule has 3 rings (SSSR count). The third-order valence-corrected chi connectivity index (χ3v) is 4.09. The first-order valence-electron chi connectivity index (χ1n) is 5.72. The highest BCUT2D eigenvalue weighted by Crippen LogP contribution is 2.34. The molecule has 1 aliphatic rings. The van der Waals surface area contributed by atoms with E-state index < -0.39 is 0 Å². The van der Waals surface area contributed by atoms with E-state index in [1.165, 1.54) is 0 Å². The number of nitrogens with one attached hydrogen (secondary N) is 1. The second-order valence-electron chi connectivity index (χ2n) is 4.26. The van der Waals surface area contributed by atoms with E-state index in [1.807, 2.05) is 48.5 Å². The predicted molar refractivity (Wildman–Crippen MR) is 89.8 cm³/mol. The number of anilines is 1. The fourth-order valence-electron chi connectivity index (χ4n) is 2.07. The van der Waals surface area contributed by atoms with E-state index in [0.29, 0.717) is 5.57 Å². The fourth-order valence-corrected chi connectivity index (χ4v) is 2.97. The van der Waals surface area contributed by atoms with Crippen LogP contribution in [-0.2, 0) is 4.79 Å². The van der Waals surface area contributed by atoms with E-state index in [9.17, 15) is 4.79 Å². The van der Waals surface area contributed by atoms with Crippen molar-refractivity contribution < 1.29 is 4.79 Å². The average molecular weight is 426 g/mol. The molecular formula is C15H9BrINO. The van der Waals surface area contributed by atoms with Crippen LogP contribution in [0.25, 0.3) is 11.6 Å². The van der Waals surface area contributed by atoms with Crippen LogP contribution in [0.1, 0.15) is 11.1 Å². The van der Waals surface area contributed by atoms with Crippen LogP contribution < -0.4 is 5.32 Å². The highest BCUT2D eigenvalue weighted by atomic mass is 127. The molecule has 1 aliphatic heterocycles. The lowest BCUT2D eigenvalue weighted by atomic mass is 10.0. The van der Waals surface area contributed by atoms with Gasteiger partial charge in [-0.3, -0.25) is 4.79 Å². The summed E-state index contributed by atoms with van der Waals surface area (Å²) in [6.45, 7) is 0. The molecule has 0 saturated carbocycles. The molecule has 0 aliphatic carbocycles. The van der Waals surface area contributed by atoms with Crippen molar-refractivity contribution in [2.75, 3.05) is 5.32 Å². The number of hydrogen-bond donors (Lipinski definition) is 1. The van der Waals surface area contributed by atoms with Crippen molar-refractivity contribution in [3.63, 3.8) is 0 Å². The Morgan fingerprint density at radius 1 is 1.16 bits per heavy atom. The van der Waals surface area contributed by atoms with E-state index in [1.54, 1.807) is 0 Å². The van der Waals surface area contributed by atoms with Gasteiger partial charge in [0.1, 0.15) is 0 Å². The van der Waals surface area contributed by atoms with Crippen LogP contribution in [0, 0.1) is 3.57 Å². The molecule has 1 heterocycles. The van der Waals surface area contributed by atoms with Crippen molar-refractivity contribution in [3.8, 4) is 0 Å². The number of hydrogen-bond acceptors (Lipinski definition) is 1. The molecule has 0 saturated heterocycles. The molecule has 0 fully saturated rings. The smallest absolute Gasteiger partial charge is 0.256 e. The molecule has 0 radical (unpaired) electrons. The largest absolute Gasteiger partial charge is 0.321 e. The van der Waals surface area contributed by atoms with E-state index in [0.717, 1.165) is 24.9 Å². The number of carbonyl (C=O) groups is 1. The third kappa shape index (κ3) is 2.60. The SMILES string of the molecule is O=C1Nc2ccc(I)cc2C1=Cc1cccc(Br)c1. The first kappa shape index (κ1) is 12.9. The number of halogens is 2. The summed E-state index contributed by atoms with van der Waals surface area (Å²) in [5, 5.41) is 2.89. The molecule has 4 heteroatoms. The number of amides is 1. The van der Waals surface area contributed by atoms with Crippen molar-refractivity contribution >= 4 is 61.8 Å². The maximum Gasteiger partial charge on any atom is 0.256 e. The summed E-state index contributed by atoms with van der Waals surface area (Å²) in [4.78, 5) is 12.0. The summed E-state index contributed by atoms with van der Waals surface area (Å²) in [6.07, 6.45) is 1.92. The minimum Gasteiger partial charge on any atom is -0.321 e. The minimum absolute atomic E-state index is 0.0445. The van der Waals surface area contributed by atoms with E-state index in [2.05, 4.69) is 43.8 Å². The number of carbonyl (C=O) groups excluding carboxylic acids is 1. The molecule has 0 unspecified atom stereocenters. The molecule has 19 heavy (non-hydrogen) atoms. The Labute approximate surface area is 133 Å². The molecule has 94 valence electrons. The van der Waals surface area contributed by atoms with Crippen LogP contribution in [0.2, 0.25) is 0 Å². The summed E-state index contributed by atoms with van der Waals surface area (Å²) in [5.74, 6) is -0.0445. The molecule has 0 spiro atoms. The maximum atomic E-state index is 12.0. The molecule has 1 N–H and O–H groups in total. The second-order valence-corrected chi connectivity index (χ2v) is 6.42. The van der Waals surface area contributed by atoms with Crippen LogP contribution >= 0.6 is 38.5 Å². The monoisotopic (exact) mass is 425 g/mol. The van der Waals surface area contributed by atoms with E-state index >= 15 is 0 Å². The molecule has 0 atom stereocenters. The number of fused-ring (bicyclic) bond motifs is 1. The van der Waals surface area contributed by atoms with Gasteiger partial charge in [-0.15, -0.1) is 0 Å². The Bertz CT molecular complexity index is 709. The van der Waals surface area contributed by atoms with Gasteiger partial charge < -0.3 is 5.32 Å². The van der Waals surface area contributed by atoms with Gasteiger partial charge >= 0.3 is 0 Å². The molecule has 2 nitrogen and oxygen atoms in total. The Morgan fingerprint density at radius 3 is 2.79 bits per heavy atom. The van der Waals surface area contributed by atoms with Crippen molar-refractivity contribution in [2.45, 2.75) is 0 Å². The van der Waals surface area contributed by atoms with Gasteiger partial charge in [0.05, 0.1) is 0 Å². The number of benzene rings is 2. The van der Waals surface area contributed by atoms with Gasteiger partial charge in [-0.05, 0) is 64.6 Å². The molecular weight excluding hydrogens is 417 g/mol. The van der Waals surface area contributed by atoms with Gasteiger partial charge in [-0.1, -0.05) is 28.1 Å². The standard InChI is InChI=1S/C15H9BrINO/c16-10-3-1-2-9(6-10)7-13-12-8-11(17)4-5-14(12)18-15(13)19/h1-8H,(H,18,19). The van der Waals surface area contributed by atoms with Gasteiger partial charge in [0, 0.05) is 24.9 Å². The maximum absolute atomic E-state index is 12.0. The second kappa shape index (κ2) is 5.09. The quantitative estimate of drug-likeness (QED) is 0.527. The van der Waals surface area contributed by atoms with Crippen molar-refractivity contribution in [3.05, 3.63) is 61.6 Å². The zero-order valence-electron chi connectivity index (χ0n) is 9.78. The summed E-state index contributed by atoms with van der Waals surface area (Å²) in [5.41, 5.74) is 3.57. The zero-order chi connectivity index (χ0) is 13.4. The van der Waals surface area contributed by atoms with Crippen LogP contribution in [0.4, 0.5) is 5.69 Å². The van der Waals surface area contributed by atoms with Crippen LogP contribution in [0.15, 0.2) is 46.9 Å². The first-order valence-corrected chi connectivity index (χ1v) is 7.59. The topological polar surface area (TPSA) is 29.1 Å². The van der Waals surface area contributed by atoms with Gasteiger partial charge in [-0.25, -0.2) is 0 Å². The van der Waals surface area contributed by atoms with Crippen LogP contribution in [-0.4, -0.2) is 5.91 Å². The van der Waals surface area contributed by atoms with Crippen LogP contribution in [0.5, 0.6) is 0 Å². The number of rotatable bonds is 1. The van der Waals surface area contributed by atoms with Crippen molar-refractivity contribution in [1.82, 2.24) is 0 Å². The lowest BCUT2D eigenvalue weighted by molar-refractivity contribution is -0.110. The van der Waals surface area contributed by atoms with Gasteiger partial charge in [-0.2, -0.15) is 0 Å².